The van der Waals surface area contributed by atoms with E-state index in [1.807, 2.05) is 31.2 Å². The number of carbonyl (C=O) groups excluding carboxylic acids is 1. The molecular weight excluding hydrogens is 346 g/mol. The number of rotatable bonds is 6. The van der Waals surface area contributed by atoms with E-state index in [-0.39, 0.29) is 23.7 Å². The molecule has 0 aromatic heterocycles. The third kappa shape index (κ3) is 4.43. The number of likely N-dealkylation sites (tertiary alicyclic amines) is 1. The van der Waals surface area contributed by atoms with Crippen LogP contribution in [0.4, 0.5) is 11.4 Å². The van der Waals surface area contributed by atoms with Crippen molar-refractivity contribution >= 4 is 17.3 Å². The Labute approximate surface area is 157 Å². The van der Waals surface area contributed by atoms with Gasteiger partial charge in [0.1, 0.15) is 5.56 Å². The van der Waals surface area contributed by atoms with Crippen molar-refractivity contribution in [3.63, 3.8) is 0 Å². The van der Waals surface area contributed by atoms with Gasteiger partial charge in [-0.1, -0.05) is 29.8 Å². The minimum atomic E-state index is -0.724. The van der Waals surface area contributed by atoms with E-state index in [1.165, 1.54) is 12.1 Å². The Kier molecular flexibility index (Phi) is 5.71. The molecule has 142 valence electrons. The van der Waals surface area contributed by atoms with Crippen LogP contribution in [0.25, 0.3) is 0 Å². The van der Waals surface area contributed by atoms with Crippen LogP contribution in [-0.4, -0.2) is 40.5 Å². The lowest BCUT2D eigenvalue weighted by Crippen LogP contribution is -2.28. The van der Waals surface area contributed by atoms with E-state index in [0.717, 1.165) is 24.0 Å². The van der Waals surface area contributed by atoms with Gasteiger partial charge in [-0.2, -0.15) is 0 Å². The van der Waals surface area contributed by atoms with E-state index in [0.29, 0.717) is 18.8 Å². The monoisotopic (exact) mass is 369 g/mol. The third-order valence-electron chi connectivity index (χ3n) is 4.74. The van der Waals surface area contributed by atoms with E-state index < -0.39 is 11.0 Å². The summed E-state index contributed by atoms with van der Waals surface area (Å²) in [6.07, 6.45) is 1.11. The number of aliphatic hydroxyl groups is 1. The number of nitro benzene ring substituents is 1. The van der Waals surface area contributed by atoms with Crippen LogP contribution < -0.4 is 5.32 Å². The second-order valence-corrected chi connectivity index (χ2v) is 6.80. The molecule has 3 rings (SSSR count). The van der Waals surface area contributed by atoms with Crippen molar-refractivity contribution in [2.24, 2.45) is 0 Å². The molecule has 2 aromatic rings. The predicted molar refractivity (Wildman–Crippen MR) is 103 cm³/mol. The Morgan fingerprint density at radius 1 is 1.26 bits per heavy atom. The average Bonchev–Trinajstić information content (AvgIpc) is 3.20. The van der Waals surface area contributed by atoms with Crippen LogP contribution in [0.5, 0.6) is 0 Å². The lowest BCUT2D eigenvalue weighted by Gasteiger charge is -2.17. The lowest BCUT2D eigenvalue weighted by molar-refractivity contribution is -0.385. The Morgan fingerprint density at radius 3 is 2.67 bits per heavy atom. The Hall–Kier alpha value is -2.93. The molecule has 1 heterocycles. The lowest BCUT2D eigenvalue weighted by atomic mass is 10.1. The maximum Gasteiger partial charge on any atom is 0.282 e. The Balaban J connectivity index is 1.76. The molecule has 1 aliphatic rings. The fraction of sp³-hybridized carbons (Fsp3) is 0.350. The number of carbonyl (C=O) groups is 1. The van der Waals surface area contributed by atoms with Crippen LogP contribution >= 0.6 is 0 Å². The second-order valence-electron chi connectivity index (χ2n) is 6.80. The largest absolute Gasteiger partial charge is 0.387 e. The topological polar surface area (TPSA) is 95.7 Å². The first-order valence-electron chi connectivity index (χ1n) is 9.02. The van der Waals surface area contributed by atoms with Crippen molar-refractivity contribution < 1.29 is 14.8 Å². The fourth-order valence-electron chi connectivity index (χ4n) is 3.28. The summed E-state index contributed by atoms with van der Waals surface area (Å²) in [7, 11) is 0. The number of anilines is 1. The zero-order chi connectivity index (χ0) is 19.4. The van der Waals surface area contributed by atoms with E-state index in [1.54, 1.807) is 11.0 Å². The summed E-state index contributed by atoms with van der Waals surface area (Å²) in [4.78, 5) is 25.1. The summed E-state index contributed by atoms with van der Waals surface area (Å²) in [5.74, 6) is -0.318. The molecule has 0 spiro atoms. The van der Waals surface area contributed by atoms with Crippen LogP contribution in [0, 0.1) is 17.0 Å². The normalized spacial score (nSPS) is 14.8. The molecule has 1 fully saturated rings. The second kappa shape index (κ2) is 8.18. The summed E-state index contributed by atoms with van der Waals surface area (Å²) < 4.78 is 0. The van der Waals surface area contributed by atoms with Crippen molar-refractivity contribution in [1.82, 2.24) is 4.90 Å². The van der Waals surface area contributed by atoms with Crippen molar-refractivity contribution in [2.45, 2.75) is 25.9 Å². The van der Waals surface area contributed by atoms with Crippen LogP contribution in [0.3, 0.4) is 0 Å². The first-order chi connectivity index (χ1) is 13.0. The SMILES string of the molecule is Cc1cccc(C(O)CNc2ccc([N+](=O)[O-])c(C(=O)N3CCCC3)c2)c1. The smallest absolute Gasteiger partial charge is 0.282 e. The molecule has 0 aliphatic carbocycles. The molecule has 0 bridgehead atoms. The number of nitrogens with zero attached hydrogens (tertiary/aromatic N) is 2. The predicted octanol–water partition coefficient (Wildman–Crippen LogP) is 3.28. The molecule has 7 heteroatoms. The maximum atomic E-state index is 12.7. The minimum absolute atomic E-state index is 0.0805. The molecule has 2 aromatic carbocycles. The van der Waals surface area contributed by atoms with Gasteiger partial charge in [0, 0.05) is 31.4 Å². The van der Waals surface area contributed by atoms with Gasteiger partial charge in [-0.3, -0.25) is 14.9 Å². The minimum Gasteiger partial charge on any atom is -0.387 e. The van der Waals surface area contributed by atoms with Gasteiger partial charge in [-0.25, -0.2) is 0 Å². The summed E-state index contributed by atoms with van der Waals surface area (Å²) in [5.41, 5.74) is 2.29. The van der Waals surface area contributed by atoms with Crippen LogP contribution in [0.1, 0.15) is 40.4 Å². The number of hydrogen-bond acceptors (Lipinski definition) is 5. The molecule has 2 N–H and O–H groups in total. The van der Waals surface area contributed by atoms with E-state index in [2.05, 4.69) is 5.32 Å². The molecule has 1 atom stereocenters. The van der Waals surface area contributed by atoms with Crippen LogP contribution in [-0.2, 0) is 0 Å². The number of nitro groups is 1. The zero-order valence-electron chi connectivity index (χ0n) is 15.2. The van der Waals surface area contributed by atoms with Crippen molar-refractivity contribution in [3.05, 3.63) is 69.3 Å². The molecule has 1 unspecified atom stereocenters. The van der Waals surface area contributed by atoms with Gasteiger partial charge in [0.15, 0.2) is 0 Å². The summed E-state index contributed by atoms with van der Waals surface area (Å²) in [6, 6.07) is 12.0. The number of hydrogen-bond donors (Lipinski definition) is 2. The standard InChI is InChI=1S/C20H23N3O4/c1-14-5-4-6-15(11-14)19(24)13-21-16-7-8-18(23(26)27)17(12-16)20(25)22-9-2-3-10-22/h4-8,11-12,19,21,24H,2-3,9-10,13H2,1H3. The van der Waals surface area contributed by atoms with Gasteiger partial charge < -0.3 is 15.3 Å². The summed E-state index contributed by atoms with van der Waals surface area (Å²) >= 11 is 0. The van der Waals surface area contributed by atoms with Gasteiger partial charge >= 0.3 is 0 Å². The van der Waals surface area contributed by atoms with Crippen molar-refractivity contribution in [1.29, 1.82) is 0 Å². The van der Waals surface area contributed by atoms with Gasteiger partial charge in [0.2, 0.25) is 0 Å². The van der Waals surface area contributed by atoms with Crippen LogP contribution in [0.2, 0.25) is 0 Å². The van der Waals surface area contributed by atoms with E-state index in [9.17, 15) is 20.0 Å². The summed E-state index contributed by atoms with van der Waals surface area (Å²) in [6.45, 7) is 3.44. The number of aryl methyl sites for hydroxylation is 1. The number of amides is 1. The maximum absolute atomic E-state index is 12.7. The van der Waals surface area contributed by atoms with Crippen molar-refractivity contribution in [3.8, 4) is 0 Å². The number of nitrogens with one attached hydrogen (secondary N) is 1. The molecule has 1 saturated heterocycles. The number of aliphatic hydroxyl groups excluding tert-OH is 1. The molecule has 1 amide bonds. The van der Waals surface area contributed by atoms with Crippen molar-refractivity contribution in [2.75, 3.05) is 25.0 Å². The molecule has 0 saturated carbocycles. The first kappa shape index (κ1) is 18.8. The third-order valence-corrected chi connectivity index (χ3v) is 4.74. The molecule has 27 heavy (non-hydrogen) atoms. The van der Waals surface area contributed by atoms with Gasteiger partial charge in [-0.05, 0) is 37.5 Å². The molecule has 0 radical (unpaired) electrons. The molecule has 1 aliphatic heterocycles. The van der Waals surface area contributed by atoms with E-state index >= 15 is 0 Å². The summed E-state index contributed by atoms with van der Waals surface area (Å²) in [5, 5.41) is 24.7. The number of benzene rings is 2. The Morgan fingerprint density at radius 2 is 2.00 bits per heavy atom. The van der Waals surface area contributed by atoms with Gasteiger partial charge in [0.05, 0.1) is 11.0 Å². The average molecular weight is 369 g/mol. The quantitative estimate of drug-likeness (QED) is 0.602. The Bertz CT molecular complexity index is 847. The molecule has 7 nitrogen and oxygen atoms in total. The highest BCUT2D eigenvalue weighted by Crippen LogP contribution is 2.26. The molecular formula is C20H23N3O4. The van der Waals surface area contributed by atoms with Gasteiger partial charge in [-0.15, -0.1) is 0 Å². The highest BCUT2D eigenvalue weighted by molar-refractivity contribution is 5.99. The zero-order valence-corrected chi connectivity index (χ0v) is 15.2. The fourth-order valence-corrected chi connectivity index (χ4v) is 3.28. The van der Waals surface area contributed by atoms with E-state index in [4.69, 9.17) is 0 Å². The highest BCUT2D eigenvalue weighted by Gasteiger charge is 2.27. The first-order valence-corrected chi connectivity index (χ1v) is 9.02. The van der Waals surface area contributed by atoms with Gasteiger partial charge in [0.25, 0.3) is 11.6 Å². The van der Waals surface area contributed by atoms with Crippen LogP contribution in [0.15, 0.2) is 42.5 Å². The highest BCUT2D eigenvalue weighted by atomic mass is 16.6.